The van der Waals surface area contributed by atoms with Gasteiger partial charge in [-0.15, -0.1) is 0 Å². The van der Waals surface area contributed by atoms with Gasteiger partial charge in [-0.05, 0) is 44.2 Å². The van der Waals surface area contributed by atoms with E-state index in [9.17, 15) is 9.18 Å². The van der Waals surface area contributed by atoms with Crippen molar-refractivity contribution in [2.24, 2.45) is 0 Å². The SMILES string of the molecule is CC(C)Oc1ccccc1NC(=O)COc1ccc(F)cc1Cl. The van der Waals surface area contributed by atoms with Gasteiger partial charge < -0.3 is 14.8 Å². The van der Waals surface area contributed by atoms with Gasteiger partial charge in [0.05, 0.1) is 16.8 Å². The number of para-hydroxylation sites is 2. The molecule has 4 nitrogen and oxygen atoms in total. The van der Waals surface area contributed by atoms with E-state index in [0.717, 1.165) is 6.07 Å². The van der Waals surface area contributed by atoms with E-state index < -0.39 is 5.82 Å². The summed E-state index contributed by atoms with van der Waals surface area (Å²) in [5.74, 6) is -0.0117. The zero-order valence-electron chi connectivity index (χ0n) is 12.8. The quantitative estimate of drug-likeness (QED) is 0.855. The summed E-state index contributed by atoms with van der Waals surface area (Å²) in [7, 11) is 0. The predicted octanol–water partition coefficient (Wildman–Crippen LogP) is 4.28. The lowest BCUT2D eigenvalue weighted by atomic mass is 10.3. The number of benzene rings is 2. The third-order valence-electron chi connectivity index (χ3n) is 2.78. The van der Waals surface area contributed by atoms with Crippen LogP contribution in [0.3, 0.4) is 0 Å². The molecular formula is C17H17ClFNO3. The first-order valence-electron chi connectivity index (χ1n) is 7.09. The lowest BCUT2D eigenvalue weighted by Gasteiger charge is -2.15. The van der Waals surface area contributed by atoms with Gasteiger partial charge in [0.1, 0.15) is 17.3 Å². The summed E-state index contributed by atoms with van der Waals surface area (Å²) in [6, 6.07) is 10.8. The first kappa shape index (κ1) is 17.1. The van der Waals surface area contributed by atoms with Gasteiger partial charge in [-0.3, -0.25) is 4.79 Å². The van der Waals surface area contributed by atoms with Gasteiger partial charge in [-0.25, -0.2) is 4.39 Å². The first-order valence-corrected chi connectivity index (χ1v) is 7.47. The van der Waals surface area contributed by atoms with Crippen LogP contribution in [0.1, 0.15) is 13.8 Å². The van der Waals surface area contributed by atoms with Gasteiger partial charge in [-0.2, -0.15) is 0 Å². The molecule has 0 bridgehead atoms. The lowest BCUT2D eigenvalue weighted by Crippen LogP contribution is -2.21. The number of nitrogens with one attached hydrogen (secondary N) is 1. The van der Waals surface area contributed by atoms with Crippen LogP contribution in [-0.2, 0) is 4.79 Å². The van der Waals surface area contributed by atoms with E-state index in [1.54, 1.807) is 18.2 Å². The van der Waals surface area contributed by atoms with Crippen molar-refractivity contribution >= 4 is 23.2 Å². The number of carbonyl (C=O) groups excluding carboxylic acids is 1. The van der Waals surface area contributed by atoms with Crippen molar-refractivity contribution in [3.8, 4) is 11.5 Å². The van der Waals surface area contributed by atoms with Crippen LogP contribution in [0, 0.1) is 5.82 Å². The number of hydrogen-bond acceptors (Lipinski definition) is 3. The fourth-order valence-corrected chi connectivity index (χ4v) is 2.07. The molecule has 0 fully saturated rings. The van der Waals surface area contributed by atoms with Crippen LogP contribution < -0.4 is 14.8 Å². The third kappa shape index (κ3) is 5.14. The van der Waals surface area contributed by atoms with Gasteiger partial charge in [0, 0.05) is 0 Å². The summed E-state index contributed by atoms with van der Waals surface area (Å²) in [6.07, 6.45) is -0.0117. The maximum atomic E-state index is 12.9. The highest BCUT2D eigenvalue weighted by Crippen LogP contribution is 2.26. The number of halogens is 2. The Labute approximate surface area is 139 Å². The van der Waals surface area contributed by atoms with Crippen molar-refractivity contribution in [3.63, 3.8) is 0 Å². The Balaban J connectivity index is 1.97. The topological polar surface area (TPSA) is 47.6 Å². The van der Waals surface area contributed by atoms with Crippen LogP contribution in [0.2, 0.25) is 5.02 Å². The van der Waals surface area contributed by atoms with E-state index in [1.165, 1.54) is 12.1 Å². The molecule has 0 unspecified atom stereocenters. The Bertz CT molecular complexity index is 691. The van der Waals surface area contributed by atoms with E-state index in [4.69, 9.17) is 21.1 Å². The standard InChI is InChI=1S/C17H17ClFNO3/c1-11(2)23-16-6-4-3-5-14(16)20-17(21)10-22-15-8-7-12(19)9-13(15)18/h3-9,11H,10H2,1-2H3,(H,20,21). The Morgan fingerprint density at radius 3 is 2.65 bits per heavy atom. The van der Waals surface area contributed by atoms with Gasteiger partial charge in [0.25, 0.3) is 5.91 Å². The maximum absolute atomic E-state index is 12.9. The Kier molecular flexibility index (Phi) is 5.82. The molecule has 0 heterocycles. The number of carbonyl (C=O) groups is 1. The molecule has 0 aromatic heterocycles. The number of anilines is 1. The lowest BCUT2D eigenvalue weighted by molar-refractivity contribution is -0.118. The number of hydrogen-bond donors (Lipinski definition) is 1. The summed E-state index contributed by atoms with van der Waals surface area (Å²) in [5, 5.41) is 2.82. The van der Waals surface area contributed by atoms with E-state index in [0.29, 0.717) is 11.4 Å². The van der Waals surface area contributed by atoms with Crippen LogP contribution in [0.25, 0.3) is 0 Å². The normalized spacial score (nSPS) is 10.5. The van der Waals surface area contributed by atoms with Crippen molar-refractivity contribution in [2.45, 2.75) is 20.0 Å². The minimum Gasteiger partial charge on any atom is -0.489 e. The van der Waals surface area contributed by atoms with Crippen molar-refractivity contribution in [1.82, 2.24) is 0 Å². The minimum atomic E-state index is -0.466. The molecule has 0 aliphatic rings. The Morgan fingerprint density at radius 2 is 1.96 bits per heavy atom. The molecule has 0 radical (unpaired) electrons. The fraction of sp³-hybridized carbons (Fsp3) is 0.235. The molecule has 0 saturated heterocycles. The second-order valence-corrected chi connectivity index (χ2v) is 5.48. The smallest absolute Gasteiger partial charge is 0.262 e. The van der Waals surface area contributed by atoms with Gasteiger partial charge >= 0.3 is 0 Å². The number of ether oxygens (including phenoxy) is 2. The Hall–Kier alpha value is -2.27. The summed E-state index contributed by atoms with van der Waals surface area (Å²) in [6.45, 7) is 3.55. The Morgan fingerprint density at radius 1 is 1.22 bits per heavy atom. The maximum Gasteiger partial charge on any atom is 0.262 e. The highest BCUT2D eigenvalue weighted by atomic mass is 35.5. The molecule has 0 aliphatic heterocycles. The molecule has 1 N–H and O–H groups in total. The monoisotopic (exact) mass is 337 g/mol. The second-order valence-electron chi connectivity index (χ2n) is 5.07. The molecule has 2 aromatic rings. The van der Waals surface area contributed by atoms with E-state index in [-0.39, 0.29) is 29.4 Å². The highest BCUT2D eigenvalue weighted by molar-refractivity contribution is 6.32. The van der Waals surface area contributed by atoms with E-state index in [1.807, 2.05) is 19.9 Å². The fourth-order valence-electron chi connectivity index (χ4n) is 1.85. The van der Waals surface area contributed by atoms with E-state index >= 15 is 0 Å². The minimum absolute atomic E-state index is 0.0117. The van der Waals surface area contributed by atoms with Crippen molar-refractivity contribution in [3.05, 3.63) is 53.3 Å². The van der Waals surface area contributed by atoms with Gasteiger partial charge in [-0.1, -0.05) is 23.7 Å². The summed E-state index contributed by atoms with van der Waals surface area (Å²) in [5.41, 5.74) is 0.556. The van der Waals surface area contributed by atoms with Crippen LogP contribution in [-0.4, -0.2) is 18.6 Å². The van der Waals surface area contributed by atoms with Gasteiger partial charge in [0.2, 0.25) is 0 Å². The molecular weight excluding hydrogens is 321 g/mol. The number of rotatable bonds is 6. The van der Waals surface area contributed by atoms with Crippen molar-refractivity contribution < 1.29 is 18.7 Å². The molecule has 122 valence electrons. The molecule has 2 aromatic carbocycles. The predicted molar refractivity (Wildman–Crippen MR) is 87.7 cm³/mol. The summed E-state index contributed by atoms with van der Waals surface area (Å²) >= 11 is 5.84. The third-order valence-corrected chi connectivity index (χ3v) is 3.07. The first-order chi connectivity index (χ1) is 11.0. The summed E-state index contributed by atoms with van der Waals surface area (Å²) < 4.78 is 23.9. The zero-order chi connectivity index (χ0) is 16.8. The number of amides is 1. The molecule has 0 aliphatic carbocycles. The average Bonchev–Trinajstić information content (AvgIpc) is 2.48. The molecule has 23 heavy (non-hydrogen) atoms. The molecule has 6 heteroatoms. The average molecular weight is 338 g/mol. The molecule has 2 rings (SSSR count). The highest BCUT2D eigenvalue weighted by Gasteiger charge is 2.10. The van der Waals surface area contributed by atoms with Crippen LogP contribution >= 0.6 is 11.6 Å². The van der Waals surface area contributed by atoms with Crippen molar-refractivity contribution in [1.29, 1.82) is 0 Å². The molecule has 0 atom stereocenters. The van der Waals surface area contributed by atoms with E-state index in [2.05, 4.69) is 5.32 Å². The van der Waals surface area contributed by atoms with Crippen LogP contribution in [0.5, 0.6) is 11.5 Å². The van der Waals surface area contributed by atoms with Crippen LogP contribution in [0.4, 0.5) is 10.1 Å². The molecule has 0 spiro atoms. The zero-order valence-corrected chi connectivity index (χ0v) is 13.6. The van der Waals surface area contributed by atoms with Gasteiger partial charge in [0.15, 0.2) is 6.61 Å². The second kappa shape index (κ2) is 7.83. The van der Waals surface area contributed by atoms with Crippen molar-refractivity contribution in [2.75, 3.05) is 11.9 Å². The molecule has 0 saturated carbocycles. The largest absolute Gasteiger partial charge is 0.489 e. The summed E-state index contributed by atoms with van der Waals surface area (Å²) in [4.78, 5) is 12.0. The van der Waals surface area contributed by atoms with Crippen LogP contribution in [0.15, 0.2) is 42.5 Å². The molecule has 1 amide bonds.